The van der Waals surface area contributed by atoms with Crippen molar-refractivity contribution in [3.8, 4) is 0 Å². The second kappa shape index (κ2) is 9.90. The molecular weight excluding hydrogens is 529 g/mol. The second-order valence-electron chi connectivity index (χ2n) is 11.6. The number of aromatic nitrogens is 3. The number of fused-ring (bicyclic) bond motifs is 2. The van der Waals surface area contributed by atoms with Gasteiger partial charge < -0.3 is 24.2 Å². The first-order valence-electron chi connectivity index (χ1n) is 13.8. The fraction of sp³-hybridized carbons (Fsp3) is 0.448. The monoisotopic (exact) mass is 563 g/mol. The Morgan fingerprint density at radius 3 is 2.65 bits per heavy atom. The largest absolute Gasteiger partial charge is 0.395 e. The number of carbonyl (C=O) groups excluding carboxylic acids is 2. The number of carbonyl (C=O) groups is 2. The Morgan fingerprint density at radius 2 is 2.00 bits per heavy atom. The van der Waals surface area contributed by atoms with E-state index in [9.17, 15) is 14.7 Å². The summed E-state index contributed by atoms with van der Waals surface area (Å²) in [6.07, 6.45) is 2.25. The van der Waals surface area contributed by atoms with Gasteiger partial charge >= 0.3 is 0 Å². The molecule has 3 aliphatic rings. The molecule has 6 rings (SSSR count). The predicted molar refractivity (Wildman–Crippen MR) is 150 cm³/mol. The quantitative estimate of drug-likeness (QED) is 0.244. The maximum Gasteiger partial charge on any atom is 0.261 e. The van der Waals surface area contributed by atoms with Gasteiger partial charge in [-0.1, -0.05) is 42.5 Å². The van der Waals surface area contributed by atoms with Crippen LogP contribution >= 0.6 is 0 Å². The van der Waals surface area contributed by atoms with Gasteiger partial charge in [0.25, 0.3) is 5.91 Å². The van der Waals surface area contributed by atoms with E-state index < -0.39 is 31.6 Å². The van der Waals surface area contributed by atoms with Crippen molar-refractivity contribution in [1.29, 1.82) is 0 Å². The van der Waals surface area contributed by atoms with Crippen LogP contribution in [0.1, 0.15) is 42.5 Å². The number of ether oxygens (including phenoxy) is 1. The van der Waals surface area contributed by atoms with Gasteiger partial charge in [0.2, 0.25) is 14.3 Å². The van der Waals surface area contributed by atoms with E-state index in [0.717, 1.165) is 11.3 Å². The van der Waals surface area contributed by atoms with E-state index in [2.05, 4.69) is 15.6 Å². The highest BCUT2D eigenvalue weighted by Gasteiger charge is 2.65. The lowest BCUT2D eigenvalue weighted by Gasteiger charge is -2.33. The number of aliphatic hydroxyl groups is 1. The van der Waals surface area contributed by atoms with Gasteiger partial charge in [-0.15, -0.1) is 5.10 Å². The Labute approximate surface area is 233 Å². The third kappa shape index (κ3) is 4.27. The highest BCUT2D eigenvalue weighted by Crippen LogP contribution is 2.59. The van der Waals surface area contributed by atoms with Crippen LogP contribution in [0.4, 0.5) is 15.5 Å². The number of aryl methyl sites for hydroxylation is 1. The molecule has 3 aliphatic heterocycles. The number of nitrogens with zero attached hydrogens (tertiary/aromatic N) is 4. The maximum absolute atomic E-state index is 15.9. The van der Waals surface area contributed by atoms with Crippen molar-refractivity contribution in [2.75, 3.05) is 23.4 Å². The van der Waals surface area contributed by atoms with Gasteiger partial charge in [0.15, 0.2) is 5.60 Å². The van der Waals surface area contributed by atoms with Gasteiger partial charge in [-0.3, -0.25) is 14.3 Å². The molecular formula is C29H34FN5O4Si. The van der Waals surface area contributed by atoms with Crippen LogP contribution in [0, 0.1) is 5.92 Å². The van der Waals surface area contributed by atoms with Crippen LogP contribution in [-0.2, 0) is 26.5 Å². The van der Waals surface area contributed by atoms with E-state index in [1.807, 2.05) is 55.6 Å². The second-order valence-corrected chi connectivity index (χ2v) is 15.4. The SMILES string of the molecule is C[C@H]1[C@H]([Si](C)(C)F)[C@@H](CCn2cc(C(CO)c3ccccc3)nn2)O[C@]12C(=O)Nc1ccc(N3CCC3=O)cc12. The minimum atomic E-state index is -3.29. The summed E-state index contributed by atoms with van der Waals surface area (Å²) in [6.45, 7) is 6.22. The molecule has 0 aliphatic carbocycles. The van der Waals surface area contributed by atoms with Crippen molar-refractivity contribution < 1.29 is 23.5 Å². The number of benzene rings is 2. The van der Waals surface area contributed by atoms with Crippen LogP contribution < -0.4 is 10.2 Å². The number of anilines is 2. The van der Waals surface area contributed by atoms with Crippen molar-refractivity contribution in [3.63, 3.8) is 0 Å². The summed E-state index contributed by atoms with van der Waals surface area (Å²) in [4.78, 5) is 27.4. The average Bonchev–Trinajstić information content (AvgIpc) is 3.58. The van der Waals surface area contributed by atoms with Crippen molar-refractivity contribution in [2.45, 2.75) is 62.6 Å². The van der Waals surface area contributed by atoms with E-state index >= 15 is 4.11 Å². The van der Waals surface area contributed by atoms with E-state index in [1.165, 1.54) is 0 Å². The van der Waals surface area contributed by atoms with Crippen molar-refractivity contribution >= 4 is 31.6 Å². The van der Waals surface area contributed by atoms with Crippen LogP contribution in [0.3, 0.4) is 0 Å². The number of amides is 2. The zero-order valence-electron chi connectivity index (χ0n) is 22.9. The van der Waals surface area contributed by atoms with Gasteiger partial charge in [0, 0.05) is 54.1 Å². The fourth-order valence-corrected chi connectivity index (χ4v) is 9.32. The Balaban J connectivity index is 1.27. The van der Waals surface area contributed by atoms with E-state index in [0.29, 0.717) is 42.9 Å². The molecule has 40 heavy (non-hydrogen) atoms. The molecule has 2 fully saturated rings. The van der Waals surface area contributed by atoms with E-state index in [-0.39, 0.29) is 24.3 Å². The smallest absolute Gasteiger partial charge is 0.261 e. The molecule has 1 unspecified atom stereocenters. The molecule has 4 heterocycles. The van der Waals surface area contributed by atoms with Crippen LogP contribution in [0.15, 0.2) is 54.7 Å². The number of rotatable bonds is 8. The summed E-state index contributed by atoms with van der Waals surface area (Å²) >= 11 is 0. The lowest BCUT2D eigenvalue weighted by Crippen LogP contribution is -2.44. The van der Waals surface area contributed by atoms with Gasteiger partial charge in [0.05, 0.1) is 24.3 Å². The third-order valence-electron chi connectivity index (χ3n) is 8.80. The minimum absolute atomic E-state index is 0.0441. The molecule has 210 valence electrons. The zero-order valence-corrected chi connectivity index (χ0v) is 23.9. The number of hydrogen-bond acceptors (Lipinski definition) is 6. The van der Waals surface area contributed by atoms with Crippen LogP contribution in [0.25, 0.3) is 0 Å². The van der Waals surface area contributed by atoms with Crippen LogP contribution in [0.5, 0.6) is 0 Å². The molecule has 2 N–H and O–H groups in total. The first-order chi connectivity index (χ1) is 19.1. The van der Waals surface area contributed by atoms with E-state index in [1.54, 1.807) is 28.7 Å². The fourth-order valence-electron chi connectivity index (χ4n) is 6.78. The molecule has 1 spiro atoms. The van der Waals surface area contributed by atoms with Gasteiger partial charge in [-0.25, -0.2) is 0 Å². The molecule has 0 saturated carbocycles. The summed E-state index contributed by atoms with van der Waals surface area (Å²) in [5.74, 6) is -0.944. The lowest BCUT2D eigenvalue weighted by atomic mass is 9.82. The molecule has 2 saturated heterocycles. The van der Waals surface area contributed by atoms with Gasteiger partial charge in [-0.05, 0) is 43.3 Å². The number of halogens is 1. The molecule has 3 aromatic rings. The molecule has 0 radical (unpaired) electrons. The molecule has 1 aromatic heterocycles. The molecule has 2 amide bonds. The van der Waals surface area contributed by atoms with Crippen LogP contribution in [0.2, 0.25) is 18.6 Å². The zero-order chi connectivity index (χ0) is 28.2. The first kappa shape index (κ1) is 26.8. The third-order valence-corrected chi connectivity index (χ3v) is 11.3. The summed E-state index contributed by atoms with van der Waals surface area (Å²) in [5, 5.41) is 21.5. The summed E-state index contributed by atoms with van der Waals surface area (Å²) in [5.41, 5.74) is 1.88. The highest BCUT2D eigenvalue weighted by molar-refractivity contribution is 6.72. The molecule has 11 heteroatoms. The normalized spacial score (nSPS) is 26.6. The van der Waals surface area contributed by atoms with Crippen molar-refractivity contribution in [3.05, 3.63) is 71.5 Å². The summed E-state index contributed by atoms with van der Waals surface area (Å²) in [6, 6.07) is 15.1. The Kier molecular flexibility index (Phi) is 6.63. The maximum atomic E-state index is 15.9. The molecule has 5 atom stereocenters. The van der Waals surface area contributed by atoms with Gasteiger partial charge in [0.1, 0.15) is 0 Å². The molecule has 9 nitrogen and oxygen atoms in total. The first-order valence-corrected chi connectivity index (χ1v) is 16.8. The average molecular weight is 564 g/mol. The Hall–Kier alpha value is -3.41. The molecule has 0 bridgehead atoms. The van der Waals surface area contributed by atoms with Crippen molar-refractivity contribution in [2.24, 2.45) is 5.92 Å². The Bertz CT molecular complexity index is 1440. The summed E-state index contributed by atoms with van der Waals surface area (Å²) in [7, 11) is -3.29. The standard InChI is InChI=1S/C29H34FN5O4Si/c1-18-27(40(2,3)30)25(11-13-34-16-24(32-33-34)21(17-36)19-7-5-4-6-8-19)39-29(18)22-15-20(35-14-12-26(35)37)9-10-23(22)31-28(29)38/h4-10,15-16,18,21,25,27,36H,11-14,17H2,1-3H3,(H,31,38)/t18-,21?,25+,27-,29+/m0/s1. The number of hydrogen-bond donors (Lipinski definition) is 2. The molecule has 2 aromatic carbocycles. The predicted octanol–water partition coefficient (Wildman–Crippen LogP) is 3.96. The highest BCUT2D eigenvalue weighted by atomic mass is 28.4. The van der Waals surface area contributed by atoms with Crippen molar-refractivity contribution in [1.82, 2.24) is 15.0 Å². The number of aliphatic hydroxyl groups excluding tert-OH is 1. The van der Waals surface area contributed by atoms with E-state index in [4.69, 9.17) is 4.74 Å². The topological polar surface area (TPSA) is 110 Å². The van der Waals surface area contributed by atoms with Gasteiger partial charge in [-0.2, -0.15) is 0 Å². The number of nitrogens with one attached hydrogen (secondary N) is 1. The lowest BCUT2D eigenvalue weighted by molar-refractivity contribution is -0.143. The number of β-lactam (4-membered cyclic amide) rings is 1. The van der Waals surface area contributed by atoms with Crippen LogP contribution in [-0.4, -0.2) is 59.6 Å². The summed E-state index contributed by atoms with van der Waals surface area (Å²) < 4.78 is 24.3. The minimum Gasteiger partial charge on any atom is -0.395 e. The Morgan fingerprint density at radius 1 is 1.23 bits per heavy atom.